The first kappa shape index (κ1) is 11.0. The quantitative estimate of drug-likeness (QED) is 0.717. The van der Waals surface area contributed by atoms with Gasteiger partial charge in [0.1, 0.15) is 0 Å². The van der Waals surface area contributed by atoms with E-state index in [-0.39, 0.29) is 11.5 Å². The van der Waals surface area contributed by atoms with Crippen molar-refractivity contribution in [3.8, 4) is 0 Å². The molecule has 0 aromatic rings. The van der Waals surface area contributed by atoms with E-state index in [9.17, 15) is 5.11 Å². The van der Waals surface area contributed by atoms with E-state index in [1.807, 2.05) is 6.92 Å². The van der Waals surface area contributed by atoms with Crippen LogP contribution in [0.2, 0.25) is 0 Å². The molecule has 2 nitrogen and oxygen atoms in total. The topological polar surface area (TPSA) is 29.5 Å². The summed E-state index contributed by atoms with van der Waals surface area (Å²) >= 11 is 0. The Balaban J connectivity index is 2.76. The van der Waals surface area contributed by atoms with Crippen LogP contribution in [0.4, 0.5) is 0 Å². The van der Waals surface area contributed by atoms with Crippen LogP contribution in [-0.2, 0) is 4.74 Å². The van der Waals surface area contributed by atoms with Gasteiger partial charge in [0, 0.05) is 13.0 Å². The maximum absolute atomic E-state index is 10.2. The highest BCUT2D eigenvalue weighted by molar-refractivity contribution is 4.95. The second-order valence-corrected chi connectivity index (χ2v) is 4.96. The Morgan fingerprint density at radius 2 is 2.00 bits per heavy atom. The summed E-state index contributed by atoms with van der Waals surface area (Å²) in [5.74, 6) is 0.263. The lowest BCUT2D eigenvalue weighted by atomic mass is 9.69. The highest BCUT2D eigenvalue weighted by atomic mass is 16.5. The van der Waals surface area contributed by atoms with Crippen molar-refractivity contribution in [2.45, 2.75) is 57.7 Å². The van der Waals surface area contributed by atoms with E-state index in [0.29, 0.717) is 0 Å². The Bertz CT molecular complexity index is 165. The predicted octanol–water partition coefficient (Wildman–Crippen LogP) is 2.35. The van der Waals surface area contributed by atoms with Gasteiger partial charge in [-0.25, -0.2) is 0 Å². The number of ether oxygens (including phenoxy) is 1. The minimum Gasteiger partial charge on any atom is -0.390 e. The second-order valence-electron chi connectivity index (χ2n) is 4.96. The van der Waals surface area contributed by atoms with Gasteiger partial charge < -0.3 is 9.84 Å². The number of methoxy groups -OCH3 is 1. The molecular weight excluding hydrogens is 164 g/mol. The van der Waals surface area contributed by atoms with Gasteiger partial charge in [-0.1, -0.05) is 12.8 Å². The van der Waals surface area contributed by atoms with Crippen LogP contribution in [0.15, 0.2) is 0 Å². The summed E-state index contributed by atoms with van der Waals surface area (Å²) < 4.78 is 5.45. The molecule has 1 aliphatic carbocycles. The molecule has 1 aliphatic rings. The molecule has 78 valence electrons. The highest BCUT2D eigenvalue weighted by Crippen LogP contribution is 2.41. The summed E-state index contributed by atoms with van der Waals surface area (Å²) in [6, 6.07) is 0. The lowest BCUT2D eigenvalue weighted by Gasteiger charge is -2.45. The lowest BCUT2D eigenvalue weighted by Crippen LogP contribution is -2.49. The van der Waals surface area contributed by atoms with Crippen molar-refractivity contribution < 1.29 is 9.84 Å². The molecule has 13 heavy (non-hydrogen) atoms. The van der Waals surface area contributed by atoms with E-state index in [4.69, 9.17) is 4.74 Å². The average molecular weight is 186 g/mol. The van der Waals surface area contributed by atoms with Gasteiger partial charge in [0.2, 0.25) is 0 Å². The molecule has 0 radical (unpaired) electrons. The third-order valence-corrected chi connectivity index (χ3v) is 3.54. The van der Waals surface area contributed by atoms with E-state index in [1.54, 1.807) is 7.11 Å². The minimum absolute atomic E-state index is 0.204. The Hall–Kier alpha value is -0.0800. The van der Waals surface area contributed by atoms with Crippen molar-refractivity contribution in [2.75, 3.05) is 7.11 Å². The van der Waals surface area contributed by atoms with Crippen LogP contribution in [0, 0.1) is 5.92 Å². The summed E-state index contributed by atoms with van der Waals surface area (Å²) in [5, 5.41) is 10.2. The number of aliphatic hydroxyl groups is 1. The zero-order valence-corrected chi connectivity index (χ0v) is 9.26. The molecule has 0 spiro atoms. The summed E-state index contributed by atoms with van der Waals surface area (Å²) in [4.78, 5) is 0. The van der Waals surface area contributed by atoms with Crippen molar-refractivity contribution in [1.82, 2.24) is 0 Å². The van der Waals surface area contributed by atoms with Crippen molar-refractivity contribution in [3.05, 3.63) is 0 Å². The zero-order chi connectivity index (χ0) is 10.1. The van der Waals surface area contributed by atoms with Crippen molar-refractivity contribution >= 4 is 0 Å². The molecule has 1 N–H and O–H groups in total. The third-order valence-electron chi connectivity index (χ3n) is 3.54. The first-order valence-electron chi connectivity index (χ1n) is 5.18. The molecule has 0 aromatic carbocycles. The number of rotatable bonds is 2. The van der Waals surface area contributed by atoms with Gasteiger partial charge in [0.15, 0.2) is 0 Å². The summed E-state index contributed by atoms with van der Waals surface area (Å²) in [5.41, 5.74) is -0.748. The molecule has 1 saturated carbocycles. The van der Waals surface area contributed by atoms with Gasteiger partial charge in [-0.2, -0.15) is 0 Å². The largest absolute Gasteiger partial charge is 0.390 e. The number of hydrogen-bond donors (Lipinski definition) is 1. The molecule has 1 rings (SSSR count). The van der Waals surface area contributed by atoms with Gasteiger partial charge in [-0.15, -0.1) is 0 Å². The van der Waals surface area contributed by atoms with E-state index < -0.39 is 5.60 Å². The smallest absolute Gasteiger partial charge is 0.0678 e. The molecule has 2 unspecified atom stereocenters. The Labute approximate surface area is 81.3 Å². The predicted molar refractivity (Wildman–Crippen MR) is 53.7 cm³/mol. The van der Waals surface area contributed by atoms with Crippen LogP contribution in [0.5, 0.6) is 0 Å². The molecule has 0 bridgehead atoms. The van der Waals surface area contributed by atoms with Crippen LogP contribution in [-0.4, -0.2) is 23.4 Å². The molecule has 2 heteroatoms. The van der Waals surface area contributed by atoms with E-state index in [2.05, 4.69) is 13.8 Å². The van der Waals surface area contributed by atoms with Gasteiger partial charge in [-0.05, 0) is 33.6 Å². The standard InChI is InChI=1S/C11H22O2/c1-10(2,13-4)9-7-5-6-8-11(9,3)12/h9,12H,5-8H2,1-4H3. The fourth-order valence-electron chi connectivity index (χ4n) is 2.56. The van der Waals surface area contributed by atoms with Crippen LogP contribution < -0.4 is 0 Å². The first-order chi connectivity index (χ1) is 5.90. The molecule has 1 fully saturated rings. The third kappa shape index (κ3) is 2.23. The van der Waals surface area contributed by atoms with Crippen LogP contribution in [0.3, 0.4) is 0 Å². The monoisotopic (exact) mass is 186 g/mol. The van der Waals surface area contributed by atoms with Crippen molar-refractivity contribution in [3.63, 3.8) is 0 Å². The van der Waals surface area contributed by atoms with Gasteiger partial charge in [0.25, 0.3) is 0 Å². The molecule has 0 aliphatic heterocycles. The number of hydrogen-bond acceptors (Lipinski definition) is 2. The maximum Gasteiger partial charge on any atom is 0.0678 e. The molecule has 0 aromatic heterocycles. The van der Waals surface area contributed by atoms with E-state index >= 15 is 0 Å². The van der Waals surface area contributed by atoms with Crippen LogP contribution in [0.25, 0.3) is 0 Å². The Kier molecular flexibility index (Phi) is 3.03. The van der Waals surface area contributed by atoms with Crippen LogP contribution in [0.1, 0.15) is 46.5 Å². The van der Waals surface area contributed by atoms with E-state index in [1.165, 1.54) is 6.42 Å². The summed E-state index contributed by atoms with van der Waals surface area (Å²) in [6.07, 6.45) is 4.34. The average Bonchev–Trinajstić information content (AvgIpc) is 2.03. The minimum atomic E-state index is -0.544. The normalized spacial score (nSPS) is 36.2. The second kappa shape index (κ2) is 3.58. The van der Waals surface area contributed by atoms with Gasteiger partial charge in [0.05, 0.1) is 11.2 Å². The first-order valence-corrected chi connectivity index (χ1v) is 5.18. The summed E-state index contributed by atoms with van der Waals surface area (Å²) in [7, 11) is 1.73. The molecule has 2 atom stereocenters. The fourth-order valence-corrected chi connectivity index (χ4v) is 2.56. The lowest BCUT2D eigenvalue weighted by molar-refractivity contribution is -0.135. The highest BCUT2D eigenvalue weighted by Gasteiger charge is 2.43. The Morgan fingerprint density at radius 3 is 2.46 bits per heavy atom. The SMILES string of the molecule is COC(C)(C)C1CCCCC1(C)O. The van der Waals surface area contributed by atoms with Crippen LogP contribution >= 0.6 is 0 Å². The maximum atomic E-state index is 10.2. The summed E-state index contributed by atoms with van der Waals surface area (Å²) in [6.45, 7) is 6.08. The zero-order valence-electron chi connectivity index (χ0n) is 9.26. The molecule has 0 saturated heterocycles. The molecule has 0 amide bonds. The van der Waals surface area contributed by atoms with Crippen molar-refractivity contribution in [1.29, 1.82) is 0 Å². The molecular formula is C11H22O2. The van der Waals surface area contributed by atoms with Gasteiger partial charge >= 0.3 is 0 Å². The molecule has 0 heterocycles. The van der Waals surface area contributed by atoms with Gasteiger partial charge in [-0.3, -0.25) is 0 Å². The fraction of sp³-hybridized carbons (Fsp3) is 1.00. The van der Waals surface area contributed by atoms with Crippen molar-refractivity contribution in [2.24, 2.45) is 5.92 Å². The van der Waals surface area contributed by atoms with E-state index in [0.717, 1.165) is 19.3 Å². The Morgan fingerprint density at radius 1 is 1.38 bits per heavy atom.